The van der Waals surface area contributed by atoms with Gasteiger partial charge in [0.25, 0.3) is 0 Å². The lowest BCUT2D eigenvalue weighted by Gasteiger charge is -2.27. The quantitative estimate of drug-likeness (QED) is 0.163. The van der Waals surface area contributed by atoms with E-state index in [1.807, 2.05) is 60.7 Å². The summed E-state index contributed by atoms with van der Waals surface area (Å²) in [6.45, 7) is 6.36. The molecule has 0 saturated heterocycles. The third-order valence-corrected chi connectivity index (χ3v) is 7.82. The van der Waals surface area contributed by atoms with Crippen molar-refractivity contribution in [2.75, 3.05) is 0 Å². The molecule has 1 aliphatic heterocycles. The van der Waals surface area contributed by atoms with E-state index < -0.39 is 14.6 Å². The van der Waals surface area contributed by atoms with Crippen LogP contribution in [0.3, 0.4) is 0 Å². The van der Waals surface area contributed by atoms with Gasteiger partial charge in [0.05, 0.1) is 5.56 Å². The van der Waals surface area contributed by atoms with Crippen molar-refractivity contribution in [3.05, 3.63) is 132 Å². The van der Waals surface area contributed by atoms with Crippen LogP contribution < -0.4 is 0 Å². The summed E-state index contributed by atoms with van der Waals surface area (Å²) >= 11 is 0. The molecule has 0 radical (unpaired) electrons. The molecule has 0 amide bonds. The first kappa shape index (κ1) is 25.0. The lowest BCUT2D eigenvalue weighted by Crippen LogP contribution is -2.28. The molecule has 1 atom stereocenters. The van der Waals surface area contributed by atoms with Crippen molar-refractivity contribution >= 4 is 14.3 Å². The number of cyclic esters (lactones) is 1. The number of rotatable bonds is 6. The lowest BCUT2D eigenvalue weighted by atomic mass is 9.77. The highest BCUT2D eigenvalue weighted by molar-refractivity contribution is 6.69. The van der Waals surface area contributed by atoms with E-state index in [1.165, 1.54) is 0 Å². The molecular weight excluding hydrogens is 496 g/mol. The summed E-state index contributed by atoms with van der Waals surface area (Å²) < 4.78 is 12.7. The lowest BCUT2D eigenvalue weighted by molar-refractivity contribution is -0.0425. The van der Waals surface area contributed by atoms with Crippen LogP contribution >= 0.6 is 0 Å². The standard InChI is InChI=1S/C35H30O3Si/c1-39(2,3)38-35-33-31(27-22-14-7-15-23-27)29(25-18-10-5-11-19-25)28(24-16-8-4-9-17-24)30(32(33)34(36)37-35)26-20-12-6-13-21-26/h4-23,35H,1-3H3. The Labute approximate surface area is 230 Å². The molecule has 0 aromatic heterocycles. The zero-order valence-corrected chi connectivity index (χ0v) is 23.3. The smallest absolute Gasteiger partial charge is 0.341 e. The third-order valence-electron chi connectivity index (χ3n) is 6.90. The Bertz CT molecular complexity index is 1620. The van der Waals surface area contributed by atoms with E-state index in [1.54, 1.807) is 0 Å². The van der Waals surface area contributed by atoms with Gasteiger partial charge in [0, 0.05) is 16.7 Å². The first-order valence-corrected chi connectivity index (χ1v) is 16.7. The number of hydrogen-bond donors (Lipinski definition) is 0. The number of carbonyl (C=O) groups is 1. The van der Waals surface area contributed by atoms with Crippen LogP contribution in [-0.2, 0) is 9.16 Å². The van der Waals surface area contributed by atoms with Crippen molar-refractivity contribution in [2.45, 2.75) is 25.9 Å². The normalized spacial score (nSPS) is 14.6. The molecule has 5 aromatic rings. The number of ether oxygens (including phenoxy) is 1. The molecule has 6 rings (SSSR count). The van der Waals surface area contributed by atoms with E-state index in [9.17, 15) is 4.79 Å². The predicted octanol–water partition coefficient (Wildman–Crippen LogP) is 9.38. The summed E-state index contributed by atoms with van der Waals surface area (Å²) in [6.07, 6.45) is -0.774. The first-order chi connectivity index (χ1) is 18.9. The largest absolute Gasteiger partial charge is 0.429 e. The third kappa shape index (κ3) is 4.74. The van der Waals surface area contributed by atoms with E-state index >= 15 is 0 Å². The van der Waals surface area contributed by atoms with Crippen molar-refractivity contribution in [1.29, 1.82) is 0 Å². The Kier molecular flexibility index (Phi) is 6.51. The SMILES string of the molecule is C[Si](C)(C)OC1OC(=O)c2c(-c3ccccc3)c(-c3ccccc3)c(-c3ccccc3)c(-c3ccccc3)c21. The highest BCUT2D eigenvalue weighted by Gasteiger charge is 2.42. The molecule has 0 aliphatic carbocycles. The van der Waals surface area contributed by atoms with Gasteiger partial charge >= 0.3 is 5.97 Å². The van der Waals surface area contributed by atoms with Crippen LogP contribution in [0.4, 0.5) is 0 Å². The van der Waals surface area contributed by atoms with Gasteiger partial charge < -0.3 is 9.16 Å². The molecule has 0 fully saturated rings. The molecule has 0 spiro atoms. The molecule has 5 aromatic carbocycles. The highest BCUT2D eigenvalue weighted by Crippen LogP contribution is 2.54. The van der Waals surface area contributed by atoms with Crippen LogP contribution in [0.2, 0.25) is 19.6 Å². The zero-order valence-electron chi connectivity index (χ0n) is 22.3. The maximum absolute atomic E-state index is 13.9. The first-order valence-electron chi connectivity index (χ1n) is 13.3. The second-order valence-electron chi connectivity index (χ2n) is 10.7. The Balaban J connectivity index is 1.86. The summed E-state index contributed by atoms with van der Waals surface area (Å²) in [7, 11) is -2.09. The van der Waals surface area contributed by atoms with Gasteiger partial charge in [-0.15, -0.1) is 0 Å². The van der Waals surface area contributed by atoms with Crippen molar-refractivity contribution in [3.63, 3.8) is 0 Å². The van der Waals surface area contributed by atoms with E-state index in [0.717, 1.165) is 50.1 Å². The second-order valence-corrected chi connectivity index (χ2v) is 15.2. The van der Waals surface area contributed by atoms with Gasteiger partial charge in [0.15, 0.2) is 8.32 Å². The molecule has 0 N–H and O–H groups in total. The molecule has 1 heterocycles. The second kappa shape index (κ2) is 10.1. The molecule has 1 aliphatic rings. The van der Waals surface area contributed by atoms with Gasteiger partial charge in [-0.3, -0.25) is 0 Å². The van der Waals surface area contributed by atoms with Gasteiger partial charge in [-0.1, -0.05) is 121 Å². The number of fused-ring (bicyclic) bond motifs is 1. The van der Waals surface area contributed by atoms with Crippen LogP contribution in [0.15, 0.2) is 121 Å². The maximum atomic E-state index is 13.9. The average Bonchev–Trinajstić information content (AvgIpc) is 3.27. The van der Waals surface area contributed by atoms with Gasteiger partial charge in [0.2, 0.25) is 6.29 Å². The van der Waals surface area contributed by atoms with Crippen LogP contribution in [0, 0.1) is 0 Å². The van der Waals surface area contributed by atoms with E-state index in [0.29, 0.717) is 5.56 Å². The molecule has 1 unspecified atom stereocenters. The molecule has 0 bridgehead atoms. The zero-order chi connectivity index (χ0) is 27.0. The summed E-state index contributed by atoms with van der Waals surface area (Å²) in [6, 6.07) is 41.2. The fourth-order valence-electron chi connectivity index (χ4n) is 5.42. The molecule has 4 heteroatoms. The number of esters is 1. The fourth-order valence-corrected chi connectivity index (χ4v) is 6.23. The van der Waals surface area contributed by atoms with Crippen LogP contribution in [-0.4, -0.2) is 14.3 Å². The topological polar surface area (TPSA) is 35.5 Å². The molecular formula is C35H30O3Si. The summed E-state index contributed by atoms with van der Waals surface area (Å²) in [5, 5.41) is 0. The van der Waals surface area contributed by atoms with E-state index in [-0.39, 0.29) is 5.97 Å². The minimum absolute atomic E-state index is 0.346. The van der Waals surface area contributed by atoms with E-state index in [2.05, 4.69) is 80.3 Å². The Morgan fingerprint density at radius 3 is 1.23 bits per heavy atom. The van der Waals surface area contributed by atoms with Crippen molar-refractivity contribution in [1.82, 2.24) is 0 Å². The summed E-state index contributed by atoms with van der Waals surface area (Å²) in [5.41, 5.74) is 9.42. The fraction of sp³-hybridized carbons (Fsp3) is 0.114. The number of hydrogen-bond acceptors (Lipinski definition) is 3. The van der Waals surface area contributed by atoms with Gasteiger partial charge in [-0.2, -0.15) is 0 Å². The minimum atomic E-state index is -2.09. The van der Waals surface area contributed by atoms with Gasteiger partial charge in [-0.25, -0.2) is 4.79 Å². The van der Waals surface area contributed by atoms with Gasteiger partial charge in [0.1, 0.15) is 0 Å². The van der Waals surface area contributed by atoms with Crippen molar-refractivity contribution < 1.29 is 14.0 Å². The average molecular weight is 527 g/mol. The van der Waals surface area contributed by atoms with Crippen LogP contribution in [0.25, 0.3) is 44.5 Å². The maximum Gasteiger partial charge on any atom is 0.341 e. The molecule has 3 nitrogen and oxygen atoms in total. The predicted molar refractivity (Wildman–Crippen MR) is 161 cm³/mol. The van der Waals surface area contributed by atoms with E-state index in [4.69, 9.17) is 9.16 Å². The minimum Gasteiger partial charge on any atom is -0.429 e. The number of carbonyl (C=O) groups excluding carboxylic acids is 1. The molecule has 0 saturated carbocycles. The van der Waals surface area contributed by atoms with Crippen LogP contribution in [0.5, 0.6) is 0 Å². The van der Waals surface area contributed by atoms with Crippen LogP contribution in [0.1, 0.15) is 22.2 Å². The molecule has 192 valence electrons. The Hall–Kier alpha value is -4.25. The monoisotopic (exact) mass is 526 g/mol. The highest BCUT2D eigenvalue weighted by atomic mass is 28.4. The summed E-state index contributed by atoms with van der Waals surface area (Å²) in [5.74, 6) is -0.346. The van der Waals surface area contributed by atoms with Crippen molar-refractivity contribution in [3.8, 4) is 44.5 Å². The number of benzene rings is 5. The Morgan fingerprint density at radius 1 is 0.513 bits per heavy atom. The molecule has 39 heavy (non-hydrogen) atoms. The van der Waals surface area contributed by atoms with Crippen molar-refractivity contribution in [2.24, 2.45) is 0 Å². The summed E-state index contributed by atoms with van der Waals surface area (Å²) in [4.78, 5) is 13.9. The Morgan fingerprint density at radius 2 is 0.846 bits per heavy atom. The van der Waals surface area contributed by atoms with Gasteiger partial charge in [-0.05, 0) is 53.0 Å².